The number of nitrogens with zero attached hydrogens (tertiary/aromatic N) is 1. The number of carbonyl (C=O) groups is 1. The summed E-state index contributed by atoms with van der Waals surface area (Å²) in [5, 5.41) is 0. The first-order chi connectivity index (χ1) is 14.4. The molecule has 2 rings (SSSR count). The van der Waals surface area contributed by atoms with Crippen LogP contribution in [0.5, 0.6) is 5.75 Å². The van der Waals surface area contributed by atoms with Gasteiger partial charge in [-0.25, -0.2) is 16.8 Å². The Labute approximate surface area is 183 Å². The average molecular weight is 470 g/mol. The molecule has 0 aromatic heterocycles. The van der Waals surface area contributed by atoms with E-state index in [1.807, 2.05) is 0 Å². The summed E-state index contributed by atoms with van der Waals surface area (Å²) >= 11 is 0. The Balaban J connectivity index is 2.52. The zero-order chi connectivity index (χ0) is 23.4. The highest BCUT2D eigenvalue weighted by Crippen LogP contribution is 2.32. The molecule has 0 saturated heterocycles. The van der Waals surface area contributed by atoms with Gasteiger partial charge in [0.2, 0.25) is 15.9 Å². The van der Waals surface area contributed by atoms with Crippen LogP contribution in [0, 0.1) is 0 Å². The standard InChI is InChI=1S/C20H27N3O6S2/c1-5-23(6-2)31(27,28)17-11-12-19(29-14(3)4)18(13-17)22-30(25,26)16-9-7-15(8-10-16)20(21)24/h7-14,22H,5-6H2,1-4H3,(H2,21,24). The lowest BCUT2D eigenvalue weighted by Crippen LogP contribution is -2.30. The SMILES string of the molecule is CCN(CC)S(=O)(=O)c1ccc(OC(C)C)c(NS(=O)(=O)c2ccc(C(N)=O)cc2)c1. The van der Waals surface area contributed by atoms with Crippen LogP contribution in [0.15, 0.2) is 52.3 Å². The Kier molecular flexibility index (Phi) is 7.68. The van der Waals surface area contributed by atoms with Crippen LogP contribution < -0.4 is 15.2 Å². The van der Waals surface area contributed by atoms with Crippen LogP contribution in [0.2, 0.25) is 0 Å². The highest BCUT2D eigenvalue weighted by Gasteiger charge is 2.25. The smallest absolute Gasteiger partial charge is 0.262 e. The molecule has 11 heteroatoms. The Morgan fingerprint density at radius 3 is 2.03 bits per heavy atom. The molecule has 0 radical (unpaired) electrons. The first kappa shape index (κ1) is 24.6. The molecule has 2 aromatic rings. The minimum absolute atomic E-state index is 0.0130. The zero-order valence-corrected chi connectivity index (χ0v) is 19.5. The van der Waals surface area contributed by atoms with E-state index >= 15 is 0 Å². The van der Waals surface area contributed by atoms with E-state index in [1.54, 1.807) is 27.7 Å². The molecule has 170 valence electrons. The van der Waals surface area contributed by atoms with E-state index in [2.05, 4.69) is 4.72 Å². The average Bonchev–Trinajstić information content (AvgIpc) is 2.69. The van der Waals surface area contributed by atoms with Gasteiger partial charge in [0.25, 0.3) is 10.0 Å². The van der Waals surface area contributed by atoms with E-state index < -0.39 is 26.0 Å². The second-order valence-corrected chi connectivity index (χ2v) is 10.5. The van der Waals surface area contributed by atoms with E-state index in [1.165, 1.54) is 46.8 Å². The molecule has 0 fully saturated rings. The summed E-state index contributed by atoms with van der Waals surface area (Å²) in [5.74, 6) is -0.496. The summed E-state index contributed by atoms with van der Waals surface area (Å²) in [6.45, 7) is 7.52. The second kappa shape index (κ2) is 9.67. The minimum atomic E-state index is -4.10. The molecule has 3 N–H and O–H groups in total. The quantitative estimate of drug-likeness (QED) is 0.548. The van der Waals surface area contributed by atoms with Crippen LogP contribution >= 0.6 is 0 Å². The maximum absolute atomic E-state index is 12.9. The number of rotatable bonds is 10. The van der Waals surface area contributed by atoms with E-state index in [0.29, 0.717) is 0 Å². The zero-order valence-electron chi connectivity index (χ0n) is 17.8. The Morgan fingerprint density at radius 1 is 1.00 bits per heavy atom. The molecule has 0 saturated carbocycles. The molecular formula is C20H27N3O6S2. The number of nitrogens with one attached hydrogen (secondary N) is 1. The lowest BCUT2D eigenvalue weighted by atomic mass is 10.2. The van der Waals surface area contributed by atoms with Crippen LogP contribution in [0.4, 0.5) is 5.69 Å². The van der Waals surface area contributed by atoms with Gasteiger partial charge in [-0.05, 0) is 56.3 Å². The van der Waals surface area contributed by atoms with E-state index in [4.69, 9.17) is 10.5 Å². The molecule has 0 spiro atoms. The Bertz CT molecular complexity index is 1140. The minimum Gasteiger partial charge on any atom is -0.489 e. The number of nitrogens with two attached hydrogens (primary N) is 1. The van der Waals surface area contributed by atoms with Gasteiger partial charge in [-0.2, -0.15) is 4.31 Å². The molecule has 9 nitrogen and oxygen atoms in total. The summed E-state index contributed by atoms with van der Waals surface area (Å²) in [4.78, 5) is 11.0. The van der Waals surface area contributed by atoms with Gasteiger partial charge in [-0.1, -0.05) is 13.8 Å². The lowest BCUT2D eigenvalue weighted by Gasteiger charge is -2.21. The summed E-state index contributed by atoms with van der Waals surface area (Å²) in [5.41, 5.74) is 5.33. The molecule has 0 aliphatic carbocycles. The Hall–Kier alpha value is -2.63. The number of carbonyl (C=O) groups excluding carboxylic acids is 1. The van der Waals surface area contributed by atoms with Crippen molar-refractivity contribution in [1.82, 2.24) is 4.31 Å². The van der Waals surface area contributed by atoms with Gasteiger partial charge in [-0.15, -0.1) is 0 Å². The number of hydrogen-bond acceptors (Lipinski definition) is 6. The molecule has 0 atom stereocenters. The van der Waals surface area contributed by atoms with Gasteiger partial charge in [0.05, 0.1) is 21.6 Å². The molecule has 31 heavy (non-hydrogen) atoms. The summed E-state index contributed by atoms with van der Waals surface area (Å²) < 4.78 is 60.9. The van der Waals surface area contributed by atoms with Gasteiger partial charge < -0.3 is 10.5 Å². The third-order valence-corrected chi connectivity index (χ3v) is 7.78. The third kappa shape index (κ3) is 5.75. The van der Waals surface area contributed by atoms with Crippen molar-refractivity contribution in [3.05, 3.63) is 48.0 Å². The van der Waals surface area contributed by atoms with Crippen molar-refractivity contribution in [2.75, 3.05) is 17.8 Å². The fraction of sp³-hybridized carbons (Fsp3) is 0.350. The van der Waals surface area contributed by atoms with Gasteiger partial charge in [0.1, 0.15) is 5.75 Å². The van der Waals surface area contributed by atoms with Crippen LogP contribution in [0.1, 0.15) is 38.1 Å². The summed E-state index contributed by atoms with van der Waals surface area (Å²) in [7, 11) is -7.91. The molecule has 0 bridgehead atoms. The topological polar surface area (TPSA) is 136 Å². The molecular weight excluding hydrogens is 442 g/mol. The van der Waals surface area contributed by atoms with Crippen molar-refractivity contribution in [1.29, 1.82) is 0 Å². The number of sulfonamides is 2. The maximum Gasteiger partial charge on any atom is 0.262 e. The number of hydrogen-bond donors (Lipinski definition) is 2. The van der Waals surface area contributed by atoms with Gasteiger partial charge in [0, 0.05) is 18.7 Å². The van der Waals surface area contributed by atoms with Crippen molar-refractivity contribution < 1.29 is 26.4 Å². The maximum atomic E-state index is 12.9. The van der Waals surface area contributed by atoms with Crippen molar-refractivity contribution in [2.45, 2.75) is 43.6 Å². The lowest BCUT2D eigenvalue weighted by molar-refractivity contribution is 0.1000. The van der Waals surface area contributed by atoms with Gasteiger partial charge in [-0.3, -0.25) is 9.52 Å². The predicted octanol–water partition coefficient (Wildman–Crippen LogP) is 2.40. The largest absolute Gasteiger partial charge is 0.489 e. The van der Waals surface area contributed by atoms with Gasteiger partial charge in [0.15, 0.2) is 0 Å². The number of benzene rings is 2. The van der Waals surface area contributed by atoms with E-state index in [-0.39, 0.29) is 46.0 Å². The fourth-order valence-electron chi connectivity index (χ4n) is 2.82. The molecule has 2 aromatic carbocycles. The number of primary amides is 1. The van der Waals surface area contributed by atoms with Crippen LogP contribution in [-0.2, 0) is 20.0 Å². The van der Waals surface area contributed by atoms with Crippen LogP contribution in [0.3, 0.4) is 0 Å². The number of amides is 1. The second-order valence-electron chi connectivity index (χ2n) is 6.91. The first-order valence-corrected chi connectivity index (χ1v) is 12.6. The van der Waals surface area contributed by atoms with Crippen molar-refractivity contribution in [3.63, 3.8) is 0 Å². The number of ether oxygens (including phenoxy) is 1. The molecule has 1 amide bonds. The normalized spacial score (nSPS) is 12.2. The van der Waals surface area contributed by atoms with Crippen molar-refractivity contribution in [3.8, 4) is 5.75 Å². The monoisotopic (exact) mass is 469 g/mol. The van der Waals surface area contributed by atoms with Crippen molar-refractivity contribution >= 4 is 31.6 Å². The molecule has 0 aliphatic heterocycles. The summed E-state index contributed by atoms with van der Waals surface area (Å²) in [6.07, 6.45) is -0.275. The van der Waals surface area contributed by atoms with E-state index in [0.717, 1.165) is 0 Å². The molecule has 0 heterocycles. The highest BCUT2D eigenvalue weighted by atomic mass is 32.2. The highest BCUT2D eigenvalue weighted by molar-refractivity contribution is 7.92. The van der Waals surface area contributed by atoms with Crippen LogP contribution in [-0.4, -0.2) is 46.2 Å². The molecule has 0 unspecified atom stereocenters. The Morgan fingerprint density at radius 2 is 1.55 bits per heavy atom. The summed E-state index contributed by atoms with van der Waals surface area (Å²) in [6, 6.07) is 9.10. The fourth-order valence-corrected chi connectivity index (χ4v) is 5.37. The van der Waals surface area contributed by atoms with Crippen LogP contribution in [0.25, 0.3) is 0 Å². The molecule has 0 aliphatic rings. The van der Waals surface area contributed by atoms with Gasteiger partial charge >= 0.3 is 0 Å². The predicted molar refractivity (Wildman–Crippen MR) is 118 cm³/mol. The van der Waals surface area contributed by atoms with Crippen molar-refractivity contribution in [2.24, 2.45) is 5.73 Å². The van der Waals surface area contributed by atoms with E-state index in [9.17, 15) is 21.6 Å². The first-order valence-electron chi connectivity index (χ1n) is 9.66. The number of anilines is 1. The third-order valence-electron chi connectivity index (χ3n) is 4.35.